The predicted octanol–water partition coefficient (Wildman–Crippen LogP) is 1.39. The molecule has 0 spiro atoms. The lowest BCUT2D eigenvalue weighted by molar-refractivity contribution is 0.0955. The normalized spacial score (nSPS) is 9.31. The second kappa shape index (κ2) is 3.91. The van der Waals surface area contributed by atoms with Gasteiger partial charge in [-0.3, -0.25) is 4.79 Å². The molecule has 1 amide bonds. The molecule has 2 N–H and O–H groups in total. The van der Waals surface area contributed by atoms with E-state index in [2.05, 4.69) is 17.2 Å². The van der Waals surface area contributed by atoms with Gasteiger partial charge < -0.3 is 5.11 Å². The first-order valence-corrected chi connectivity index (χ1v) is 3.77. The first kappa shape index (κ1) is 9.54. The number of hydrogen-bond donors (Lipinski definition) is 2. The summed E-state index contributed by atoms with van der Waals surface area (Å²) in [6.07, 6.45) is 0. The van der Waals surface area contributed by atoms with Gasteiger partial charge in [-0.05, 0) is 18.2 Å². The molecular formula is C8H7ClN2O2. The molecule has 4 nitrogen and oxygen atoms in total. The Morgan fingerprint density at radius 1 is 1.62 bits per heavy atom. The van der Waals surface area contributed by atoms with Crippen LogP contribution in [-0.4, -0.2) is 17.7 Å². The van der Waals surface area contributed by atoms with E-state index in [1.54, 1.807) is 0 Å². The van der Waals surface area contributed by atoms with Gasteiger partial charge in [0.05, 0.1) is 5.02 Å². The highest BCUT2D eigenvalue weighted by atomic mass is 35.5. The fourth-order valence-corrected chi connectivity index (χ4v) is 0.965. The molecule has 0 saturated heterocycles. The van der Waals surface area contributed by atoms with Gasteiger partial charge in [0, 0.05) is 12.3 Å². The standard InChI is InChI=1S/C8H7ClN2O2/c1-10-11-8(13)5-2-3-7(12)6(9)4-5/h2-4,12H,1H2,(H,11,13). The summed E-state index contributed by atoms with van der Waals surface area (Å²) < 4.78 is 0. The summed E-state index contributed by atoms with van der Waals surface area (Å²) in [6, 6.07) is 4.11. The summed E-state index contributed by atoms with van der Waals surface area (Å²) in [5.74, 6) is -0.485. The van der Waals surface area contributed by atoms with Crippen molar-refractivity contribution in [2.75, 3.05) is 0 Å². The van der Waals surface area contributed by atoms with E-state index >= 15 is 0 Å². The monoisotopic (exact) mass is 198 g/mol. The lowest BCUT2D eigenvalue weighted by Gasteiger charge is -2.00. The number of halogens is 1. The van der Waals surface area contributed by atoms with E-state index in [1.807, 2.05) is 0 Å². The Balaban J connectivity index is 2.96. The zero-order valence-electron chi connectivity index (χ0n) is 6.62. The van der Waals surface area contributed by atoms with Crippen molar-refractivity contribution in [1.29, 1.82) is 0 Å². The molecule has 0 atom stereocenters. The number of nitrogens with zero attached hydrogens (tertiary/aromatic N) is 1. The topological polar surface area (TPSA) is 61.7 Å². The average Bonchev–Trinajstić information content (AvgIpc) is 2.10. The molecule has 0 unspecified atom stereocenters. The first-order chi connectivity index (χ1) is 6.15. The summed E-state index contributed by atoms with van der Waals surface area (Å²) in [4.78, 5) is 11.1. The lowest BCUT2D eigenvalue weighted by atomic mass is 10.2. The molecule has 0 saturated carbocycles. The number of benzene rings is 1. The van der Waals surface area contributed by atoms with Crippen molar-refractivity contribution in [3.63, 3.8) is 0 Å². The van der Waals surface area contributed by atoms with Gasteiger partial charge in [0.1, 0.15) is 5.75 Å². The highest BCUT2D eigenvalue weighted by Crippen LogP contribution is 2.23. The number of phenols is 1. The van der Waals surface area contributed by atoms with Gasteiger partial charge in [0.15, 0.2) is 0 Å². The van der Waals surface area contributed by atoms with Crippen LogP contribution < -0.4 is 5.43 Å². The molecule has 1 aromatic rings. The number of hydrazone groups is 1. The van der Waals surface area contributed by atoms with Gasteiger partial charge in [-0.2, -0.15) is 5.10 Å². The van der Waals surface area contributed by atoms with Crippen molar-refractivity contribution in [3.8, 4) is 5.75 Å². The van der Waals surface area contributed by atoms with Crippen LogP contribution in [0.4, 0.5) is 0 Å². The Kier molecular flexibility index (Phi) is 2.87. The van der Waals surface area contributed by atoms with E-state index < -0.39 is 5.91 Å². The number of rotatable bonds is 2. The van der Waals surface area contributed by atoms with Crippen LogP contribution in [0.15, 0.2) is 23.3 Å². The minimum Gasteiger partial charge on any atom is -0.506 e. The van der Waals surface area contributed by atoms with E-state index in [0.717, 1.165) is 0 Å². The Bertz CT molecular complexity index is 352. The van der Waals surface area contributed by atoms with Gasteiger partial charge >= 0.3 is 0 Å². The summed E-state index contributed by atoms with van der Waals surface area (Å²) in [7, 11) is 0. The third-order valence-electron chi connectivity index (χ3n) is 1.39. The van der Waals surface area contributed by atoms with Gasteiger partial charge in [-0.1, -0.05) is 11.6 Å². The number of amides is 1. The number of nitrogens with one attached hydrogen (secondary N) is 1. The van der Waals surface area contributed by atoms with Crippen LogP contribution in [-0.2, 0) is 0 Å². The molecular weight excluding hydrogens is 192 g/mol. The number of phenolic OH excluding ortho intramolecular Hbond substituents is 1. The molecule has 13 heavy (non-hydrogen) atoms. The summed E-state index contributed by atoms with van der Waals surface area (Å²) in [5, 5.41) is 12.4. The molecule has 5 heteroatoms. The third-order valence-corrected chi connectivity index (χ3v) is 1.69. The number of hydrogen-bond acceptors (Lipinski definition) is 3. The fourth-order valence-electron chi connectivity index (χ4n) is 0.784. The van der Waals surface area contributed by atoms with Gasteiger partial charge in [-0.15, -0.1) is 0 Å². The van der Waals surface area contributed by atoms with E-state index in [-0.39, 0.29) is 10.8 Å². The van der Waals surface area contributed by atoms with E-state index in [0.29, 0.717) is 5.56 Å². The van der Waals surface area contributed by atoms with Crippen LogP contribution in [0, 0.1) is 0 Å². The van der Waals surface area contributed by atoms with Crippen LogP contribution in [0.3, 0.4) is 0 Å². The van der Waals surface area contributed by atoms with Crippen molar-refractivity contribution < 1.29 is 9.90 Å². The fraction of sp³-hybridized carbons (Fsp3) is 0. The second-order valence-corrected chi connectivity index (χ2v) is 2.67. The summed E-state index contributed by atoms with van der Waals surface area (Å²) in [6.45, 7) is 3.10. The van der Waals surface area contributed by atoms with Crippen LogP contribution in [0.1, 0.15) is 10.4 Å². The zero-order chi connectivity index (χ0) is 9.84. The zero-order valence-corrected chi connectivity index (χ0v) is 7.38. The minimum absolute atomic E-state index is 0.0650. The second-order valence-electron chi connectivity index (χ2n) is 2.27. The molecule has 0 aromatic heterocycles. The van der Waals surface area contributed by atoms with Crippen LogP contribution in [0.2, 0.25) is 5.02 Å². The van der Waals surface area contributed by atoms with E-state index in [9.17, 15) is 4.79 Å². The maximum Gasteiger partial charge on any atom is 0.271 e. The van der Waals surface area contributed by atoms with E-state index in [4.69, 9.17) is 16.7 Å². The van der Waals surface area contributed by atoms with Crippen molar-refractivity contribution in [3.05, 3.63) is 28.8 Å². The summed E-state index contributed by atoms with van der Waals surface area (Å²) >= 11 is 5.58. The number of carbonyl (C=O) groups is 1. The number of aromatic hydroxyl groups is 1. The molecule has 0 bridgehead atoms. The summed E-state index contributed by atoms with van der Waals surface area (Å²) in [5.41, 5.74) is 2.46. The Hall–Kier alpha value is -1.55. The Morgan fingerprint density at radius 3 is 2.85 bits per heavy atom. The molecule has 1 aromatic carbocycles. The minimum atomic E-state index is -0.420. The quantitative estimate of drug-likeness (QED) is 0.557. The molecule has 68 valence electrons. The third kappa shape index (κ3) is 2.19. The van der Waals surface area contributed by atoms with Crippen molar-refractivity contribution in [1.82, 2.24) is 5.43 Å². The molecule has 0 heterocycles. The van der Waals surface area contributed by atoms with Crippen molar-refractivity contribution in [2.24, 2.45) is 5.10 Å². The van der Waals surface area contributed by atoms with Gasteiger partial charge in [-0.25, -0.2) is 5.43 Å². The van der Waals surface area contributed by atoms with Crippen LogP contribution in [0.5, 0.6) is 5.75 Å². The smallest absolute Gasteiger partial charge is 0.271 e. The largest absolute Gasteiger partial charge is 0.506 e. The first-order valence-electron chi connectivity index (χ1n) is 3.39. The maximum atomic E-state index is 11.1. The van der Waals surface area contributed by atoms with Gasteiger partial charge in [0.2, 0.25) is 0 Å². The lowest BCUT2D eigenvalue weighted by Crippen LogP contribution is -2.16. The van der Waals surface area contributed by atoms with Crippen molar-refractivity contribution >= 4 is 24.2 Å². The molecule has 0 aliphatic heterocycles. The molecule has 0 aliphatic carbocycles. The number of carbonyl (C=O) groups excluding carboxylic acids is 1. The Labute approximate surface area is 79.8 Å². The highest BCUT2D eigenvalue weighted by molar-refractivity contribution is 6.32. The van der Waals surface area contributed by atoms with Crippen LogP contribution in [0.25, 0.3) is 0 Å². The van der Waals surface area contributed by atoms with Gasteiger partial charge in [0.25, 0.3) is 5.91 Å². The molecule has 0 aliphatic rings. The molecule has 0 radical (unpaired) electrons. The van der Waals surface area contributed by atoms with E-state index in [1.165, 1.54) is 18.2 Å². The van der Waals surface area contributed by atoms with Crippen LogP contribution >= 0.6 is 11.6 Å². The highest BCUT2D eigenvalue weighted by Gasteiger charge is 2.06. The molecule has 0 fully saturated rings. The SMILES string of the molecule is C=NNC(=O)c1ccc(O)c(Cl)c1. The predicted molar refractivity (Wildman–Crippen MR) is 50.1 cm³/mol. The maximum absolute atomic E-state index is 11.1. The average molecular weight is 199 g/mol. The Morgan fingerprint density at radius 2 is 2.31 bits per heavy atom. The molecule has 1 rings (SSSR count). The van der Waals surface area contributed by atoms with Crippen molar-refractivity contribution in [2.45, 2.75) is 0 Å².